The number of nitrogens with one attached hydrogen (secondary N) is 1. The van der Waals surface area contributed by atoms with Crippen LogP contribution >= 0.6 is 27.5 Å². The molecule has 0 radical (unpaired) electrons. The van der Waals surface area contributed by atoms with Crippen LogP contribution in [0.25, 0.3) is 6.08 Å². The first-order valence-corrected chi connectivity index (χ1v) is 10.6. The molecule has 0 atom stereocenters. The highest BCUT2D eigenvalue weighted by Gasteiger charge is 2.30. The number of hydrogen-bond donors (Lipinski definition) is 1. The van der Waals surface area contributed by atoms with Crippen LogP contribution in [0.3, 0.4) is 0 Å². The van der Waals surface area contributed by atoms with E-state index in [1.807, 2.05) is 12.1 Å². The molecule has 168 valence electrons. The van der Waals surface area contributed by atoms with Crippen molar-refractivity contribution in [1.82, 2.24) is 0 Å². The predicted molar refractivity (Wildman–Crippen MR) is 124 cm³/mol. The highest BCUT2D eigenvalue weighted by molar-refractivity contribution is 9.10. The maximum Gasteiger partial charge on any atom is 0.416 e. The Bertz CT molecular complexity index is 1240. The summed E-state index contributed by atoms with van der Waals surface area (Å²) in [5.41, 5.74) is 0.211. The van der Waals surface area contributed by atoms with Gasteiger partial charge in [-0.05, 0) is 75.6 Å². The molecule has 0 aromatic heterocycles. The molecule has 0 heterocycles. The number of hydrogen-bond acceptors (Lipinski definition) is 3. The molecule has 0 fully saturated rings. The highest BCUT2D eigenvalue weighted by Crippen LogP contribution is 2.31. The van der Waals surface area contributed by atoms with Gasteiger partial charge in [-0.2, -0.15) is 18.4 Å². The molecule has 0 spiro atoms. The van der Waals surface area contributed by atoms with E-state index in [-0.39, 0.29) is 11.3 Å². The molecule has 0 aliphatic heterocycles. The lowest BCUT2D eigenvalue weighted by molar-refractivity contribution is -0.137. The third kappa shape index (κ3) is 6.85. The number of amides is 1. The van der Waals surface area contributed by atoms with E-state index < -0.39 is 17.6 Å². The van der Waals surface area contributed by atoms with Crippen LogP contribution in [0.1, 0.15) is 16.7 Å². The molecule has 33 heavy (non-hydrogen) atoms. The molecular weight excluding hydrogens is 521 g/mol. The van der Waals surface area contributed by atoms with Crippen molar-refractivity contribution in [2.75, 3.05) is 5.32 Å². The molecule has 1 amide bonds. The third-order valence-electron chi connectivity index (χ3n) is 4.39. The second-order valence-corrected chi connectivity index (χ2v) is 8.10. The van der Waals surface area contributed by atoms with Crippen LogP contribution < -0.4 is 10.1 Å². The number of alkyl halides is 3. The van der Waals surface area contributed by atoms with E-state index in [0.717, 1.165) is 17.7 Å². The summed E-state index contributed by atoms with van der Waals surface area (Å²) in [7, 11) is 0. The van der Waals surface area contributed by atoms with Gasteiger partial charge in [0.2, 0.25) is 0 Å². The van der Waals surface area contributed by atoms with Crippen LogP contribution in [0.2, 0.25) is 5.02 Å². The largest absolute Gasteiger partial charge is 0.488 e. The highest BCUT2D eigenvalue weighted by atomic mass is 79.9. The number of nitrogens with zero attached hydrogens (tertiary/aromatic N) is 1. The molecule has 0 unspecified atom stereocenters. The number of ether oxygens (including phenoxy) is 1. The molecule has 1 N–H and O–H groups in total. The van der Waals surface area contributed by atoms with Gasteiger partial charge in [-0.15, -0.1) is 0 Å². The summed E-state index contributed by atoms with van der Waals surface area (Å²) in [5.74, 6) is -0.273. The molecule has 3 aromatic rings. The number of rotatable bonds is 6. The normalized spacial score (nSPS) is 11.6. The summed E-state index contributed by atoms with van der Waals surface area (Å²) in [5, 5.41) is 12.3. The predicted octanol–water partition coefficient (Wildman–Crippen LogP) is 7.25. The molecule has 0 aliphatic rings. The van der Waals surface area contributed by atoms with Crippen LogP contribution in [0, 0.1) is 11.3 Å². The van der Waals surface area contributed by atoms with Crippen molar-refractivity contribution in [1.29, 1.82) is 5.26 Å². The number of nitriles is 1. The minimum absolute atomic E-state index is 0.0666. The molecule has 0 saturated carbocycles. The van der Waals surface area contributed by atoms with Crippen molar-refractivity contribution in [2.24, 2.45) is 0 Å². The average molecular weight is 536 g/mol. The molecule has 3 aromatic carbocycles. The Morgan fingerprint density at radius 2 is 1.85 bits per heavy atom. The van der Waals surface area contributed by atoms with Crippen LogP contribution in [0.5, 0.6) is 5.75 Å². The van der Waals surface area contributed by atoms with E-state index in [2.05, 4.69) is 21.2 Å². The topological polar surface area (TPSA) is 62.1 Å². The summed E-state index contributed by atoms with van der Waals surface area (Å²) >= 11 is 9.26. The average Bonchev–Trinajstić information content (AvgIpc) is 2.77. The van der Waals surface area contributed by atoms with Crippen molar-refractivity contribution < 1.29 is 22.7 Å². The van der Waals surface area contributed by atoms with Gasteiger partial charge in [0.1, 0.15) is 24.0 Å². The smallest absolute Gasteiger partial charge is 0.416 e. The molecular formula is C24H15BrClF3N2O2. The Labute approximate surface area is 201 Å². The fraction of sp³-hybridized carbons (Fsp3) is 0.0833. The first-order valence-electron chi connectivity index (χ1n) is 9.43. The van der Waals surface area contributed by atoms with Gasteiger partial charge in [0.15, 0.2) is 0 Å². The van der Waals surface area contributed by atoms with E-state index in [1.54, 1.807) is 36.4 Å². The summed E-state index contributed by atoms with van der Waals surface area (Å²) in [6, 6.07) is 18.1. The lowest BCUT2D eigenvalue weighted by atomic mass is 10.1. The van der Waals surface area contributed by atoms with E-state index >= 15 is 0 Å². The van der Waals surface area contributed by atoms with Crippen LogP contribution in [0.15, 0.2) is 76.8 Å². The van der Waals surface area contributed by atoms with Gasteiger partial charge in [0, 0.05) is 10.7 Å². The van der Waals surface area contributed by atoms with Crippen molar-refractivity contribution >= 4 is 45.2 Å². The van der Waals surface area contributed by atoms with E-state index in [1.165, 1.54) is 18.2 Å². The molecule has 4 nitrogen and oxygen atoms in total. The maximum atomic E-state index is 12.9. The van der Waals surface area contributed by atoms with Gasteiger partial charge in [-0.25, -0.2) is 0 Å². The maximum absolute atomic E-state index is 12.9. The molecule has 0 aliphatic carbocycles. The minimum Gasteiger partial charge on any atom is -0.488 e. The van der Waals surface area contributed by atoms with E-state index in [4.69, 9.17) is 16.3 Å². The second kappa shape index (κ2) is 10.6. The van der Waals surface area contributed by atoms with Crippen LogP contribution in [-0.2, 0) is 17.6 Å². The second-order valence-electron chi connectivity index (χ2n) is 6.81. The Morgan fingerprint density at radius 3 is 2.48 bits per heavy atom. The number of carbonyl (C=O) groups is 1. The Hall–Kier alpha value is -3.28. The summed E-state index contributed by atoms with van der Waals surface area (Å²) in [6.45, 7) is 0.313. The van der Waals surface area contributed by atoms with Gasteiger partial charge in [-0.3, -0.25) is 4.79 Å². The van der Waals surface area contributed by atoms with Gasteiger partial charge in [-0.1, -0.05) is 35.9 Å². The summed E-state index contributed by atoms with van der Waals surface area (Å²) < 4.78 is 44.9. The van der Waals surface area contributed by atoms with Crippen LogP contribution in [0.4, 0.5) is 18.9 Å². The van der Waals surface area contributed by atoms with E-state index in [0.29, 0.717) is 27.4 Å². The number of carbonyl (C=O) groups excluding carboxylic acids is 1. The first kappa shape index (κ1) is 24.4. The number of anilines is 1. The zero-order valence-electron chi connectivity index (χ0n) is 16.8. The Morgan fingerprint density at radius 1 is 1.12 bits per heavy atom. The quantitative estimate of drug-likeness (QED) is 0.267. The van der Waals surface area contributed by atoms with Crippen LogP contribution in [-0.4, -0.2) is 5.91 Å². The standard InChI is InChI=1S/C24H15BrClF3N2O2/c25-21-11-16(6-9-22(21)33-14-15-4-7-19(26)8-5-15)10-17(13-30)23(32)31-20-3-1-2-18(12-20)24(27,28)29/h1-12H,14H2,(H,31,32)/b17-10+. The van der Waals surface area contributed by atoms with Crippen molar-refractivity contribution in [2.45, 2.75) is 12.8 Å². The fourth-order valence-corrected chi connectivity index (χ4v) is 3.39. The zero-order valence-corrected chi connectivity index (χ0v) is 19.1. The summed E-state index contributed by atoms with van der Waals surface area (Å²) in [4.78, 5) is 12.4. The Kier molecular flexibility index (Phi) is 7.79. The monoisotopic (exact) mass is 534 g/mol. The van der Waals surface area contributed by atoms with Crippen molar-refractivity contribution in [3.05, 3.63) is 98.5 Å². The summed E-state index contributed by atoms with van der Waals surface area (Å²) in [6.07, 6.45) is -3.21. The molecule has 3 rings (SSSR count). The number of halogens is 5. The van der Waals surface area contributed by atoms with Crippen molar-refractivity contribution in [3.63, 3.8) is 0 Å². The lowest BCUT2D eigenvalue weighted by Gasteiger charge is -2.10. The van der Waals surface area contributed by atoms with Gasteiger partial charge in [0.05, 0.1) is 10.0 Å². The van der Waals surface area contributed by atoms with Gasteiger partial charge < -0.3 is 10.1 Å². The lowest BCUT2D eigenvalue weighted by Crippen LogP contribution is -2.14. The van der Waals surface area contributed by atoms with Gasteiger partial charge in [0.25, 0.3) is 5.91 Å². The minimum atomic E-state index is -4.54. The SMILES string of the molecule is N#C/C(=C\c1ccc(OCc2ccc(Cl)cc2)c(Br)c1)C(=O)Nc1cccc(C(F)(F)F)c1. The third-order valence-corrected chi connectivity index (χ3v) is 5.26. The molecule has 0 saturated heterocycles. The molecule has 0 bridgehead atoms. The fourth-order valence-electron chi connectivity index (χ4n) is 2.75. The van der Waals surface area contributed by atoms with E-state index in [9.17, 15) is 23.2 Å². The number of benzene rings is 3. The molecule has 9 heteroatoms. The van der Waals surface area contributed by atoms with Crippen molar-refractivity contribution in [3.8, 4) is 11.8 Å². The van der Waals surface area contributed by atoms with Gasteiger partial charge >= 0.3 is 6.18 Å². The Balaban J connectivity index is 1.71. The zero-order chi connectivity index (χ0) is 24.0. The first-order chi connectivity index (χ1) is 15.7.